The van der Waals surface area contributed by atoms with Gasteiger partial charge in [-0.15, -0.1) is 0 Å². The highest BCUT2D eigenvalue weighted by Crippen LogP contribution is 2.49. The molecule has 0 unspecified atom stereocenters. The van der Waals surface area contributed by atoms with Gasteiger partial charge in [-0.2, -0.15) is 0 Å². The molecule has 0 spiro atoms. The number of carboxylic acid groups (broad SMARTS) is 1. The topological polar surface area (TPSA) is 466 Å². The molecule has 1 saturated heterocycles. The number of benzene rings is 5. The number of carbonyl (C=O) groups is 8. The summed E-state index contributed by atoms with van der Waals surface area (Å²) in [6.07, 6.45) is -13.8. The molecule has 5 aromatic carbocycles. The van der Waals surface area contributed by atoms with E-state index in [2.05, 4.69) is 37.2 Å². The lowest BCUT2D eigenvalue weighted by atomic mass is 9.89. The van der Waals surface area contributed by atoms with Crippen LogP contribution in [0.25, 0.3) is 11.1 Å². The highest BCUT2D eigenvalue weighted by atomic mass is 35.5. The number of carbonyl (C=O) groups excluding carboxylic acids is 7. The Morgan fingerprint density at radius 2 is 1.24 bits per heavy atom. The van der Waals surface area contributed by atoms with Crippen molar-refractivity contribution in [3.8, 4) is 57.1 Å². The number of phenols is 3. The number of halogens is 2. The molecule has 6 aliphatic rings. The van der Waals surface area contributed by atoms with Gasteiger partial charge in [-0.1, -0.05) is 55.2 Å². The number of aliphatic hydroxyl groups is 5. The van der Waals surface area contributed by atoms with Crippen LogP contribution in [0.5, 0.6) is 46.0 Å². The second-order valence-electron chi connectivity index (χ2n) is 22.2. The highest BCUT2D eigenvalue weighted by molar-refractivity contribution is 6.32. The maximum absolute atomic E-state index is 15.7. The average Bonchev–Trinajstić information content (AvgIpc) is 0.804. The minimum absolute atomic E-state index is 0.0722. The fourth-order valence-corrected chi connectivity index (χ4v) is 11.1. The maximum Gasteiger partial charge on any atom is 0.330 e. The number of aliphatic carboxylic acids is 1. The molecule has 11 bridgehead atoms. The van der Waals surface area contributed by atoms with E-state index in [1.165, 1.54) is 26.1 Å². The summed E-state index contributed by atoms with van der Waals surface area (Å²) in [7, 11) is 1.48. The molecule has 0 aromatic heterocycles. The number of hydrogen-bond donors (Lipinski definition) is 17. The van der Waals surface area contributed by atoms with E-state index in [9.17, 15) is 69.9 Å². The van der Waals surface area contributed by atoms with Gasteiger partial charge in [-0.25, -0.2) is 4.79 Å². The van der Waals surface area contributed by atoms with Gasteiger partial charge in [-0.3, -0.25) is 33.6 Å². The van der Waals surface area contributed by atoms with Crippen molar-refractivity contribution in [2.24, 2.45) is 11.7 Å². The average molecular weight is 1290 g/mol. The van der Waals surface area contributed by atoms with Gasteiger partial charge in [0.1, 0.15) is 89.5 Å². The van der Waals surface area contributed by atoms with Crippen molar-refractivity contribution in [1.29, 1.82) is 0 Å². The van der Waals surface area contributed by atoms with Gasteiger partial charge in [0.2, 0.25) is 53.4 Å². The number of ether oxygens (including phenoxy) is 4. The summed E-state index contributed by atoms with van der Waals surface area (Å²) in [6.45, 7) is 4.99. The van der Waals surface area contributed by atoms with E-state index < -0.39 is 201 Å². The highest BCUT2D eigenvalue weighted by Gasteiger charge is 2.46. The number of aromatic hydroxyl groups is 3. The van der Waals surface area contributed by atoms with Crippen LogP contribution < -0.4 is 57.2 Å². The van der Waals surface area contributed by atoms with Crippen LogP contribution in [0.2, 0.25) is 10.0 Å². The third kappa shape index (κ3) is 13.6. The molecule has 1 fully saturated rings. The molecule has 6 heterocycles. The van der Waals surface area contributed by atoms with E-state index in [0.717, 1.165) is 66.7 Å². The molecule has 478 valence electrons. The van der Waals surface area contributed by atoms with Crippen molar-refractivity contribution in [2.75, 3.05) is 7.05 Å². The zero-order valence-electron chi connectivity index (χ0n) is 47.8. The van der Waals surface area contributed by atoms with E-state index in [1.807, 2.05) is 13.8 Å². The zero-order valence-corrected chi connectivity index (χ0v) is 49.3. The summed E-state index contributed by atoms with van der Waals surface area (Å²) in [4.78, 5) is 115. The van der Waals surface area contributed by atoms with Crippen molar-refractivity contribution in [3.63, 3.8) is 0 Å². The van der Waals surface area contributed by atoms with Gasteiger partial charge in [0.15, 0.2) is 17.5 Å². The molecule has 7 amide bonds. The lowest BCUT2D eigenvalue weighted by Gasteiger charge is -2.39. The van der Waals surface area contributed by atoms with Gasteiger partial charge in [-0.05, 0) is 103 Å². The number of aliphatic hydroxyl groups excluding tert-OH is 5. The largest absolute Gasteiger partial charge is 0.508 e. The molecule has 0 aliphatic carbocycles. The first-order valence-corrected chi connectivity index (χ1v) is 28.5. The zero-order chi connectivity index (χ0) is 65.5. The van der Waals surface area contributed by atoms with Crippen molar-refractivity contribution < 1.29 is 103 Å². The van der Waals surface area contributed by atoms with Crippen LogP contribution in [-0.2, 0) is 43.1 Å². The summed E-state index contributed by atoms with van der Waals surface area (Å²) >= 11 is 13.9. The number of likely N-dealkylation sites (N-methyl/N-ethyl adjacent to an activating group) is 1. The summed E-state index contributed by atoms with van der Waals surface area (Å²) < 4.78 is 25.0. The van der Waals surface area contributed by atoms with E-state index >= 15 is 14.4 Å². The number of nitrogens with one attached hydrogen (secondary N) is 7. The van der Waals surface area contributed by atoms with Gasteiger partial charge < -0.3 is 108 Å². The monoisotopic (exact) mass is 1290 g/mol. The standard InChI is InChI=1S/C59H62Cl2N8O21/c1-20(2)11-31(63-4)52(79)68-44-47(75)23-6-9-35(29(60)13-23)88-37-15-25-16-38(51(37)90-59-50(78)49(77)46(74)21(3)87-59)89-36-10-7-24(14-30(36)61)48(76)45-57(84)67-43(58(85)86)28-17-26(70)18-34(72)40(28)27-12-22(5-8-33(27)71)41(54(81)69-45)66-55(82)42(25)65-53(80)32(19-39(62)73)64-56(44)83/h5-10,12-18,20-21,31-32,41-50,59,63,70-72,74-78H,11,19H2,1-4H3,(H2,62,73)(H,64,83)(H,65,80)(H,66,82)(H,67,84)(H,68,79)(H,69,81)(H,85,86)/t21-,31-,32+,41-,42-,43+,44-,45+,46-,47-,48-,49+,50-,59+/m1/s1. The number of nitrogens with two attached hydrogens (primary N) is 1. The summed E-state index contributed by atoms with van der Waals surface area (Å²) in [5, 5.41) is 118. The first-order valence-electron chi connectivity index (χ1n) is 27.8. The molecule has 11 rings (SSSR count). The summed E-state index contributed by atoms with van der Waals surface area (Å²) in [5.74, 6) is -15.4. The molecular weight excluding hydrogens is 1230 g/mol. The first kappa shape index (κ1) is 65.4. The molecular formula is C59H62Cl2N8O21. The van der Waals surface area contributed by atoms with Crippen LogP contribution in [0.1, 0.15) is 91.8 Å². The number of hydrogen-bond acceptors (Lipinski definition) is 21. The fourth-order valence-electron chi connectivity index (χ4n) is 10.7. The van der Waals surface area contributed by atoms with Crippen LogP contribution in [-0.4, -0.2) is 155 Å². The van der Waals surface area contributed by atoms with Crippen molar-refractivity contribution in [3.05, 3.63) is 117 Å². The Kier molecular flexibility index (Phi) is 19.3. The van der Waals surface area contributed by atoms with Crippen LogP contribution in [0.3, 0.4) is 0 Å². The number of amides is 7. The molecule has 29 nitrogen and oxygen atoms in total. The van der Waals surface area contributed by atoms with Crippen LogP contribution in [0.4, 0.5) is 0 Å². The Bertz CT molecular complexity index is 3710. The number of fused-ring (bicyclic) bond motifs is 15. The third-order valence-electron chi connectivity index (χ3n) is 15.4. The SMILES string of the molecule is CN[C@H](CC(C)C)C(=O)N[C@H]1C(=O)N[C@@H](CC(N)=O)C(=O)N[C@H]2C(=O)N[C@H]3C(=O)N[C@H](C(=O)N[C@H](C(=O)O)c4cc(O)cc(O)c4-c4cc3ccc4O)[C@H](O)c3ccc(c(Cl)c3)Oc3cc2cc(c3O[C@@H]2O[C@H](C)[C@@H](O)[C@H](O)[C@H]2O)Oc2ccc(cc2Cl)[C@H]1O. The quantitative estimate of drug-likeness (QED) is 0.0923. The Morgan fingerprint density at radius 3 is 1.83 bits per heavy atom. The predicted molar refractivity (Wildman–Crippen MR) is 311 cm³/mol. The van der Waals surface area contributed by atoms with E-state index in [4.69, 9.17) is 47.9 Å². The molecule has 0 radical (unpaired) electrons. The lowest BCUT2D eigenvalue weighted by molar-refractivity contribution is -0.268. The van der Waals surface area contributed by atoms with Crippen molar-refractivity contribution in [1.82, 2.24) is 37.2 Å². The predicted octanol–water partition coefficient (Wildman–Crippen LogP) is 0.896. The van der Waals surface area contributed by atoms with Gasteiger partial charge in [0.05, 0.1) is 28.6 Å². The minimum Gasteiger partial charge on any atom is -0.508 e. The van der Waals surface area contributed by atoms with Crippen LogP contribution >= 0.6 is 23.2 Å². The van der Waals surface area contributed by atoms with E-state index in [1.54, 1.807) is 0 Å². The molecule has 6 aliphatic heterocycles. The minimum atomic E-state index is -2.28. The van der Waals surface area contributed by atoms with E-state index in [0.29, 0.717) is 0 Å². The van der Waals surface area contributed by atoms with E-state index in [-0.39, 0.29) is 45.6 Å². The number of phenolic OH excluding ortho intramolecular Hbond substituents is 3. The molecule has 5 aromatic rings. The lowest BCUT2D eigenvalue weighted by Crippen LogP contribution is -2.59. The number of rotatable bonds is 10. The summed E-state index contributed by atoms with van der Waals surface area (Å²) in [5.41, 5.74) is 3.04. The first-order chi connectivity index (χ1) is 42.5. The fraction of sp³-hybridized carbons (Fsp3) is 0.356. The normalized spacial score (nSPS) is 26.4. The van der Waals surface area contributed by atoms with Crippen molar-refractivity contribution in [2.45, 2.75) is 119 Å². The van der Waals surface area contributed by atoms with Crippen molar-refractivity contribution >= 4 is 70.5 Å². The second-order valence-corrected chi connectivity index (χ2v) is 23.0. The van der Waals surface area contributed by atoms with Gasteiger partial charge in [0, 0.05) is 22.8 Å². The van der Waals surface area contributed by atoms with Crippen LogP contribution in [0.15, 0.2) is 78.9 Å². The molecule has 18 N–H and O–H groups in total. The number of primary amides is 1. The second kappa shape index (κ2) is 26.6. The number of carboxylic acids is 1. The molecule has 14 atom stereocenters. The Morgan fingerprint density at radius 1 is 0.656 bits per heavy atom. The summed E-state index contributed by atoms with van der Waals surface area (Å²) in [6, 6.07) is -0.186. The smallest absolute Gasteiger partial charge is 0.330 e. The Balaban J connectivity index is 1.32. The van der Waals surface area contributed by atoms with Crippen LogP contribution in [0, 0.1) is 5.92 Å². The maximum atomic E-state index is 15.7. The molecule has 90 heavy (non-hydrogen) atoms. The third-order valence-corrected chi connectivity index (χ3v) is 15.9. The van der Waals surface area contributed by atoms with Gasteiger partial charge in [0.25, 0.3) is 0 Å². The Labute approximate surface area is 520 Å². The molecule has 0 saturated carbocycles. The molecule has 31 heteroatoms. The van der Waals surface area contributed by atoms with Gasteiger partial charge >= 0.3 is 5.97 Å². The Hall–Kier alpha value is -9.04.